The van der Waals surface area contributed by atoms with Crippen molar-refractivity contribution in [3.63, 3.8) is 0 Å². The third-order valence-corrected chi connectivity index (χ3v) is 1.11. The first-order valence-electron chi connectivity index (χ1n) is 2.39. The lowest BCUT2D eigenvalue weighted by Gasteiger charge is -2.10. The summed E-state index contributed by atoms with van der Waals surface area (Å²) >= 11 is 2.77. The van der Waals surface area contributed by atoms with E-state index < -0.39 is 11.9 Å². The molecule has 0 fully saturated rings. The highest BCUT2D eigenvalue weighted by molar-refractivity contribution is 9.09. The van der Waals surface area contributed by atoms with Crippen LogP contribution in [0.3, 0.4) is 0 Å². The minimum atomic E-state index is -3.78. The minimum absolute atomic E-state index is 0.0395. The zero-order valence-corrected chi connectivity index (χ0v) is 6.79. The van der Waals surface area contributed by atoms with Gasteiger partial charge < -0.3 is 4.74 Å². The molecule has 0 heterocycles. The van der Waals surface area contributed by atoms with E-state index in [9.17, 15) is 13.2 Å². The van der Waals surface area contributed by atoms with Crippen LogP contribution in [0.25, 0.3) is 0 Å². The molecule has 0 bridgehead atoms. The molecule has 0 unspecified atom stereocenters. The van der Waals surface area contributed by atoms with Gasteiger partial charge in [-0.05, 0) is 6.08 Å². The predicted molar refractivity (Wildman–Crippen MR) is 34.9 cm³/mol. The third kappa shape index (κ3) is 2.70. The van der Waals surface area contributed by atoms with Crippen LogP contribution in [0.5, 0.6) is 0 Å². The van der Waals surface area contributed by atoms with Gasteiger partial charge in [0.1, 0.15) is 0 Å². The van der Waals surface area contributed by atoms with Crippen molar-refractivity contribution in [2.24, 2.45) is 0 Å². The van der Waals surface area contributed by atoms with E-state index in [0.29, 0.717) is 6.08 Å². The van der Waals surface area contributed by atoms with Gasteiger partial charge in [0.2, 0.25) is 0 Å². The van der Waals surface area contributed by atoms with Gasteiger partial charge in [-0.3, -0.25) is 0 Å². The number of hydrogen-bond acceptors (Lipinski definition) is 1. The van der Waals surface area contributed by atoms with Crippen molar-refractivity contribution in [3.05, 3.63) is 11.9 Å². The molecule has 0 saturated heterocycles. The average Bonchev–Trinajstić information content (AvgIpc) is 1.89. The molecular formula is C5H6BrF3O. The van der Waals surface area contributed by atoms with E-state index in [-0.39, 0.29) is 5.33 Å². The van der Waals surface area contributed by atoms with Crippen molar-refractivity contribution in [2.75, 3.05) is 12.4 Å². The molecule has 0 amide bonds. The Labute approximate surface area is 65.0 Å². The monoisotopic (exact) mass is 218 g/mol. The molecular weight excluding hydrogens is 213 g/mol. The Morgan fingerprint density at radius 1 is 1.70 bits per heavy atom. The molecule has 0 atom stereocenters. The fourth-order valence-electron chi connectivity index (χ4n) is 0.284. The second kappa shape index (κ2) is 3.98. The van der Waals surface area contributed by atoms with Crippen molar-refractivity contribution >= 4 is 15.9 Å². The summed E-state index contributed by atoms with van der Waals surface area (Å²) in [5, 5.41) is 0.0395. The highest BCUT2D eigenvalue weighted by Crippen LogP contribution is 2.25. The van der Waals surface area contributed by atoms with Crippen molar-refractivity contribution in [1.29, 1.82) is 0 Å². The summed E-state index contributed by atoms with van der Waals surface area (Å²) in [6, 6.07) is 0. The highest BCUT2D eigenvalue weighted by Gasteiger charge is 2.34. The Balaban J connectivity index is 4.17. The molecule has 0 aliphatic carbocycles. The van der Waals surface area contributed by atoms with Gasteiger partial charge in [0.05, 0.1) is 0 Å². The van der Waals surface area contributed by atoms with E-state index >= 15 is 0 Å². The van der Waals surface area contributed by atoms with Crippen LogP contribution in [0.15, 0.2) is 11.9 Å². The van der Waals surface area contributed by atoms with Gasteiger partial charge in [0.15, 0.2) is 5.83 Å². The van der Waals surface area contributed by atoms with Gasteiger partial charge in [0, 0.05) is 12.4 Å². The molecule has 0 aliphatic heterocycles. The Kier molecular flexibility index (Phi) is 3.96. The SMILES string of the molecule is COC(F)(F)/C(F)=C/CBr. The number of methoxy groups -OCH3 is 1. The largest absolute Gasteiger partial charge is 0.408 e. The standard InChI is InChI=1S/C5H6BrF3O/c1-10-5(8,9)4(7)2-3-6/h2H,3H2,1H3/b4-2-. The van der Waals surface area contributed by atoms with Crippen molar-refractivity contribution in [3.8, 4) is 0 Å². The Morgan fingerprint density at radius 2 is 2.20 bits per heavy atom. The van der Waals surface area contributed by atoms with Gasteiger partial charge in [-0.2, -0.15) is 8.78 Å². The van der Waals surface area contributed by atoms with Crippen molar-refractivity contribution in [2.45, 2.75) is 6.11 Å². The molecule has 1 nitrogen and oxygen atoms in total. The maximum absolute atomic E-state index is 12.1. The molecule has 5 heteroatoms. The van der Waals surface area contributed by atoms with E-state index in [0.717, 1.165) is 7.11 Å². The molecule has 0 aromatic heterocycles. The summed E-state index contributed by atoms with van der Waals surface area (Å²) in [4.78, 5) is 0. The minimum Gasteiger partial charge on any atom is -0.318 e. The number of allylic oxidation sites excluding steroid dienone is 1. The maximum atomic E-state index is 12.1. The zero-order valence-electron chi connectivity index (χ0n) is 5.20. The summed E-state index contributed by atoms with van der Waals surface area (Å²) < 4.78 is 39.8. The number of alkyl halides is 3. The summed E-state index contributed by atoms with van der Waals surface area (Å²) in [5.41, 5.74) is 0. The molecule has 0 radical (unpaired) electrons. The maximum Gasteiger partial charge on any atom is 0.408 e. The molecule has 60 valence electrons. The van der Waals surface area contributed by atoms with Crippen LogP contribution in [0, 0.1) is 0 Å². The first-order valence-corrected chi connectivity index (χ1v) is 3.51. The van der Waals surface area contributed by atoms with E-state index in [2.05, 4.69) is 20.7 Å². The average molecular weight is 219 g/mol. The van der Waals surface area contributed by atoms with Crippen molar-refractivity contribution < 1.29 is 17.9 Å². The molecule has 0 N–H and O–H groups in total. The molecule has 10 heavy (non-hydrogen) atoms. The number of halogens is 4. The molecule has 0 aromatic carbocycles. The first-order chi connectivity index (χ1) is 4.54. The summed E-state index contributed by atoms with van der Waals surface area (Å²) in [7, 11) is 0.738. The van der Waals surface area contributed by atoms with Crippen LogP contribution in [0.4, 0.5) is 13.2 Å². The van der Waals surface area contributed by atoms with Gasteiger partial charge in [-0.25, -0.2) is 4.39 Å². The second-order valence-corrected chi connectivity index (χ2v) is 2.07. The Hall–Kier alpha value is -0.0300. The first kappa shape index (κ1) is 9.97. The highest BCUT2D eigenvalue weighted by atomic mass is 79.9. The van der Waals surface area contributed by atoms with Gasteiger partial charge in [-0.1, -0.05) is 15.9 Å². The van der Waals surface area contributed by atoms with Crippen molar-refractivity contribution in [1.82, 2.24) is 0 Å². The van der Waals surface area contributed by atoms with Crippen LogP contribution in [0.1, 0.15) is 0 Å². The van der Waals surface area contributed by atoms with Crippen LogP contribution < -0.4 is 0 Å². The summed E-state index contributed by atoms with van der Waals surface area (Å²) in [6.45, 7) is 0. The van der Waals surface area contributed by atoms with Crippen LogP contribution in [0.2, 0.25) is 0 Å². The fourth-order valence-corrected chi connectivity index (χ4v) is 0.568. The normalized spacial score (nSPS) is 13.9. The Bertz CT molecular complexity index is 135. The number of rotatable bonds is 3. The van der Waals surface area contributed by atoms with Crippen LogP contribution in [-0.2, 0) is 4.74 Å². The number of ether oxygens (including phenoxy) is 1. The van der Waals surface area contributed by atoms with Crippen LogP contribution in [-0.4, -0.2) is 18.5 Å². The number of hydrogen-bond donors (Lipinski definition) is 0. The lowest BCUT2D eigenvalue weighted by Crippen LogP contribution is -2.19. The summed E-state index contributed by atoms with van der Waals surface area (Å²) in [5.74, 6) is -1.58. The smallest absolute Gasteiger partial charge is 0.318 e. The van der Waals surface area contributed by atoms with E-state index in [1.165, 1.54) is 0 Å². The molecule has 0 aromatic rings. The predicted octanol–water partition coefficient (Wildman–Crippen LogP) is 2.47. The molecule has 0 saturated carbocycles. The topological polar surface area (TPSA) is 9.23 Å². The molecule has 0 aliphatic rings. The van der Waals surface area contributed by atoms with E-state index in [4.69, 9.17) is 0 Å². The summed E-state index contributed by atoms with van der Waals surface area (Å²) in [6.07, 6.45) is -3.09. The second-order valence-electron chi connectivity index (χ2n) is 1.43. The lowest BCUT2D eigenvalue weighted by molar-refractivity contribution is -0.202. The van der Waals surface area contributed by atoms with E-state index in [1.807, 2.05) is 0 Å². The van der Waals surface area contributed by atoms with E-state index in [1.54, 1.807) is 0 Å². The molecule has 0 spiro atoms. The third-order valence-electron chi connectivity index (χ3n) is 0.791. The quantitative estimate of drug-likeness (QED) is 0.662. The fraction of sp³-hybridized carbons (Fsp3) is 0.600. The van der Waals surface area contributed by atoms with Gasteiger partial charge in [-0.15, -0.1) is 0 Å². The van der Waals surface area contributed by atoms with Gasteiger partial charge in [0.25, 0.3) is 0 Å². The zero-order chi connectivity index (χ0) is 8.20. The Morgan fingerprint density at radius 3 is 2.50 bits per heavy atom. The van der Waals surface area contributed by atoms with Crippen LogP contribution >= 0.6 is 15.9 Å². The van der Waals surface area contributed by atoms with Gasteiger partial charge >= 0.3 is 6.11 Å². The lowest BCUT2D eigenvalue weighted by atomic mass is 10.5. The molecule has 0 rings (SSSR count).